The van der Waals surface area contributed by atoms with E-state index in [4.69, 9.17) is 21.1 Å². The van der Waals surface area contributed by atoms with Crippen molar-refractivity contribution in [1.82, 2.24) is 4.90 Å². The molecule has 2 rings (SSSR count). The molecule has 0 N–H and O–H groups in total. The predicted molar refractivity (Wildman–Crippen MR) is 76.4 cm³/mol. The molecule has 1 aromatic carbocycles. The number of ether oxygens (including phenoxy) is 2. The highest BCUT2D eigenvalue weighted by Crippen LogP contribution is 2.25. The second-order valence-corrected chi connectivity index (χ2v) is 5.47. The fourth-order valence-corrected chi connectivity index (χ4v) is 2.71. The van der Waals surface area contributed by atoms with Crippen LogP contribution in [-0.2, 0) is 11.3 Å². The maximum Gasteiger partial charge on any atom is 0.119 e. The summed E-state index contributed by atoms with van der Waals surface area (Å²) < 4.78 is 11.8. The largest absolute Gasteiger partial charge is 0.497 e. The molecule has 0 saturated carbocycles. The molecule has 3 nitrogen and oxygen atoms in total. The molecule has 1 atom stereocenters. The minimum absolute atomic E-state index is 0.290. The van der Waals surface area contributed by atoms with Crippen LogP contribution >= 0.6 is 27.5 Å². The lowest BCUT2D eigenvalue weighted by molar-refractivity contribution is -0.00314. The first kappa shape index (κ1) is 14.1. The Morgan fingerprint density at radius 2 is 2.39 bits per heavy atom. The molecule has 1 aliphatic rings. The summed E-state index contributed by atoms with van der Waals surface area (Å²) in [4.78, 5) is 2.36. The number of nitrogens with zero attached hydrogens (tertiary/aromatic N) is 1. The first-order valence-corrected chi connectivity index (χ1v) is 7.27. The molecule has 18 heavy (non-hydrogen) atoms. The third kappa shape index (κ3) is 3.38. The summed E-state index contributed by atoms with van der Waals surface area (Å²) in [6, 6.07) is 6.32. The minimum atomic E-state index is 0.290. The molecule has 5 heteroatoms. The highest BCUT2D eigenvalue weighted by atomic mass is 79.9. The third-order valence-corrected chi connectivity index (χ3v) is 4.28. The van der Waals surface area contributed by atoms with Gasteiger partial charge in [0, 0.05) is 29.5 Å². The van der Waals surface area contributed by atoms with E-state index in [-0.39, 0.29) is 0 Å². The summed E-state index contributed by atoms with van der Waals surface area (Å²) in [5.41, 5.74) is 1.21. The quantitative estimate of drug-likeness (QED) is 0.790. The first-order chi connectivity index (χ1) is 8.74. The van der Waals surface area contributed by atoms with Crippen LogP contribution < -0.4 is 4.74 Å². The number of rotatable bonds is 4. The van der Waals surface area contributed by atoms with E-state index in [1.807, 2.05) is 12.1 Å². The second-order valence-electron chi connectivity index (χ2n) is 4.31. The first-order valence-electron chi connectivity index (χ1n) is 5.94. The monoisotopic (exact) mass is 333 g/mol. The predicted octanol–water partition coefficient (Wildman–Crippen LogP) is 2.90. The molecule has 1 aromatic rings. The van der Waals surface area contributed by atoms with Gasteiger partial charge in [-0.05, 0) is 23.8 Å². The molecular formula is C13H17BrClNO2. The molecule has 1 saturated heterocycles. The van der Waals surface area contributed by atoms with Crippen molar-refractivity contribution in [2.75, 3.05) is 32.7 Å². The SMILES string of the molecule is COc1ccc(Br)c(CN2CCOCC2CCl)c1. The van der Waals surface area contributed by atoms with Crippen LogP contribution in [-0.4, -0.2) is 43.7 Å². The topological polar surface area (TPSA) is 21.7 Å². The van der Waals surface area contributed by atoms with Crippen LogP contribution in [0.15, 0.2) is 22.7 Å². The normalized spacial score (nSPS) is 20.9. The number of morpholine rings is 1. The van der Waals surface area contributed by atoms with Crippen molar-refractivity contribution >= 4 is 27.5 Å². The Hall–Kier alpha value is -0.290. The van der Waals surface area contributed by atoms with E-state index >= 15 is 0 Å². The van der Waals surface area contributed by atoms with Crippen molar-refractivity contribution in [1.29, 1.82) is 0 Å². The number of benzene rings is 1. The van der Waals surface area contributed by atoms with Crippen LogP contribution in [0.1, 0.15) is 5.56 Å². The molecule has 1 aliphatic heterocycles. The molecule has 0 aromatic heterocycles. The van der Waals surface area contributed by atoms with Crippen LogP contribution in [0.5, 0.6) is 5.75 Å². The van der Waals surface area contributed by atoms with Gasteiger partial charge in [-0.25, -0.2) is 0 Å². The summed E-state index contributed by atoms with van der Waals surface area (Å²) in [5, 5.41) is 0. The lowest BCUT2D eigenvalue weighted by Gasteiger charge is -2.34. The maximum absolute atomic E-state index is 5.98. The van der Waals surface area contributed by atoms with Gasteiger partial charge in [0.2, 0.25) is 0 Å². The lowest BCUT2D eigenvalue weighted by atomic mass is 10.1. The lowest BCUT2D eigenvalue weighted by Crippen LogP contribution is -2.45. The number of hydrogen-bond acceptors (Lipinski definition) is 3. The average Bonchev–Trinajstić information content (AvgIpc) is 2.42. The van der Waals surface area contributed by atoms with Gasteiger partial charge in [0.15, 0.2) is 0 Å². The van der Waals surface area contributed by atoms with Crippen LogP contribution in [0.4, 0.5) is 0 Å². The van der Waals surface area contributed by atoms with Crippen molar-refractivity contribution in [3.05, 3.63) is 28.2 Å². The summed E-state index contributed by atoms with van der Waals surface area (Å²) in [5.74, 6) is 1.48. The van der Waals surface area contributed by atoms with E-state index in [1.165, 1.54) is 5.56 Å². The Bertz CT molecular complexity index is 403. The van der Waals surface area contributed by atoms with Crippen molar-refractivity contribution in [3.8, 4) is 5.75 Å². The molecule has 1 unspecified atom stereocenters. The van der Waals surface area contributed by atoms with Crippen LogP contribution in [0.2, 0.25) is 0 Å². The summed E-state index contributed by atoms with van der Waals surface area (Å²) in [6.07, 6.45) is 0. The molecule has 1 fully saturated rings. The van der Waals surface area contributed by atoms with Gasteiger partial charge in [-0.2, -0.15) is 0 Å². The zero-order valence-electron chi connectivity index (χ0n) is 10.4. The number of methoxy groups -OCH3 is 1. The average molecular weight is 335 g/mol. The van der Waals surface area contributed by atoms with Gasteiger partial charge in [-0.3, -0.25) is 4.90 Å². The van der Waals surface area contributed by atoms with Gasteiger partial charge in [-0.1, -0.05) is 15.9 Å². The zero-order valence-corrected chi connectivity index (χ0v) is 12.7. The van der Waals surface area contributed by atoms with Gasteiger partial charge in [-0.15, -0.1) is 11.6 Å². The van der Waals surface area contributed by atoms with Crippen LogP contribution in [0, 0.1) is 0 Å². The summed E-state index contributed by atoms with van der Waals surface area (Å²) in [7, 11) is 1.68. The van der Waals surface area contributed by atoms with Gasteiger partial charge >= 0.3 is 0 Å². The number of alkyl halides is 1. The van der Waals surface area contributed by atoms with Gasteiger partial charge in [0.1, 0.15) is 5.75 Å². The van der Waals surface area contributed by atoms with Crippen LogP contribution in [0.25, 0.3) is 0 Å². The standard InChI is InChI=1S/C13H17BrClNO2/c1-17-12-2-3-13(14)10(6-12)8-16-4-5-18-9-11(16)7-15/h2-3,6,11H,4-5,7-9H2,1H3. The van der Waals surface area contributed by atoms with Gasteiger partial charge < -0.3 is 9.47 Å². The summed E-state index contributed by atoms with van der Waals surface area (Å²) >= 11 is 9.56. The van der Waals surface area contributed by atoms with Crippen molar-refractivity contribution < 1.29 is 9.47 Å². The highest BCUT2D eigenvalue weighted by molar-refractivity contribution is 9.10. The van der Waals surface area contributed by atoms with E-state index in [0.29, 0.717) is 18.5 Å². The zero-order chi connectivity index (χ0) is 13.0. The van der Waals surface area contributed by atoms with E-state index in [2.05, 4.69) is 26.9 Å². The van der Waals surface area contributed by atoms with Crippen molar-refractivity contribution in [2.24, 2.45) is 0 Å². The third-order valence-electron chi connectivity index (χ3n) is 3.15. The Kier molecular flexibility index (Phi) is 5.30. The Morgan fingerprint density at radius 1 is 1.56 bits per heavy atom. The van der Waals surface area contributed by atoms with E-state index in [9.17, 15) is 0 Å². The van der Waals surface area contributed by atoms with Crippen LogP contribution in [0.3, 0.4) is 0 Å². The van der Waals surface area contributed by atoms with E-state index in [1.54, 1.807) is 7.11 Å². The Morgan fingerprint density at radius 3 is 3.11 bits per heavy atom. The van der Waals surface area contributed by atoms with E-state index < -0.39 is 0 Å². The number of hydrogen-bond donors (Lipinski definition) is 0. The number of halogens is 2. The second kappa shape index (κ2) is 6.75. The maximum atomic E-state index is 5.98. The van der Waals surface area contributed by atoms with Gasteiger partial charge in [0.25, 0.3) is 0 Å². The molecule has 0 radical (unpaired) electrons. The molecule has 0 aliphatic carbocycles. The van der Waals surface area contributed by atoms with E-state index in [0.717, 1.165) is 29.9 Å². The highest BCUT2D eigenvalue weighted by Gasteiger charge is 2.22. The minimum Gasteiger partial charge on any atom is -0.497 e. The van der Waals surface area contributed by atoms with Crippen molar-refractivity contribution in [2.45, 2.75) is 12.6 Å². The fourth-order valence-electron chi connectivity index (χ4n) is 2.06. The molecule has 1 heterocycles. The smallest absolute Gasteiger partial charge is 0.119 e. The molecule has 0 bridgehead atoms. The Balaban J connectivity index is 2.11. The van der Waals surface area contributed by atoms with Crippen molar-refractivity contribution in [3.63, 3.8) is 0 Å². The molecule has 0 spiro atoms. The molecular weight excluding hydrogens is 318 g/mol. The fraction of sp³-hybridized carbons (Fsp3) is 0.538. The summed E-state index contributed by atoms with van der Waals surface area (Å²) in [6.45, 7) is 3.26. The Labute approximate surface area is 121 Å². The molecule has 100 valence electrons. The molecule has 0 amide bonds. The van der Waals surface area contributed by atoms with Gasteiger partial charge in [0.05, 0.1) is 20.3 Å².